The lowest BCUT2D eigenvalue weighted by atomic mass is 9.46. The Morgan fingerprint density at radius 3 is 2.45 bits per heavy atom. The number of nitrogens with one attached hydrogen (secondary N) is 1. The topological polar surface area (TPSA) is 77.6 Å². The molecule has 4 bridgehead atoms. The van der Waals surface area contributed by atoms with Crippen molar-refractivity contribution < 1.29 is 4.79 Å². The van der Waals surface area contributed by atoms with Crippen LogP contribution in [0.25, 0.3) is 0 Å². The summed E-state index contributed by atoms with van der Waals surface area (Å²) in [7, 11) is 0. The van der Waals surface area contributed by atoms with Crippen molar-refractivity contribution in [1.82, 2.24) is 24.5 Å². The molecule has 4 aliphatic carbocycles. The Bertz CT molecular complexity index is 1210. The molecule has 33 heavy (non-hydrogen) atoms. The van der Waals surface area contributed by atoms with Crippen LogP contribution >= 0.6 is 34.8 Å². The molecule has 2 atom stereocenters. The van der Waals surface area contributed by atoms with E-state index in [4.69, 9.17) is 34.8 Å². The van der Waals surface area contributed by atoms with Crippen molar-refractivity contribution in [2.24, 2.45) is 17.3 Å². The van der Waals surface area contributed by atoms with Gasteiger partial charge in [0.1, 0.15) is 11.3 Å². The van der Waals surface area contributed by atoms with Crippen LogP contribution in [0.4, 0.5) is 5.82 Å². The number of rotatable bonds is 5. The number of benzene rings is 1. The molecule has 4 aliphatic rings. The summed E-state index contributed by atoms with van der Waals surface area (Å²) in [6.45, 7) is 0.540. The Kier molecular flexibility index (Phi) is 5.02. The molecule has 1 amide bonds. The van der Waals surface area contributed by atoms with Crippen LogP contribution in [-0.2, 0) is 16.9 Å². The van der Waals surface area contributed by atoms with E-state index in [0.29, 0.717) is 34.2 Å². The number of hydrogen-bond acceptors (Lipinski definition) is 4. The minimum Gasteiger partial charge on any atom is -0.307 e. The average molecular weight is 506 g/mol. The number of nitrogens with zero attached hydrogens (tertiary/aromatic N) is 5. The number of carbonyl (C=O) groups is 1. The Balaban J connectivity index is 1.24. The molecular formula is C23H23Cl3N6O. The first kappa shape index (κ1) is 21.4. The summed E-state index contributed by atoms with van der Waals surface area (Å²) in [5, 5.41) is 13.4. The molecule has 7 nitrogen and oxygen atoms in total. The van der Waals surface area contributed by atoms with Crippen LogP contribution in [0, 0.1) is 17.3 Å². The summed E-state index contributed by atoms with van der Waals surface area (Å²) >= 11 is 18.5. The predicted molar refractivity (Wildman–Crippen MR) is 127 cm³/mol. The van der Waals surface area contributed by atoms with Crippen LogP contribution in [0.2, 0.25) is 15.3 Å². The SMILES string of the molecule is O=C(Nc1nn(Cc2ccc(Cl)cc2)cc1Cl)C12CC3CC(C1)CC(n1cnc(Cl)n1)(C3)C2. The van der Waals surface area contributed by atoms with Gasteiger partial charge in [-0.15, -0.1) is 5.10 Å². The number of aromatic nitrogens is 5. The molecule has 172 valence electrons. The average Bonchev–Trinajstić information content (AvgIpc) is 3.35. The van der Waals surface area contributed by atoms with Gasteiger partial charge in [-0.05, 0) is 79.7 Å². The molecular weight excluding hydrogens is 483 g/mol. The summed E-state index contributed by atoms with van der Waals surface area (Å²) in [4.78, 5) is 17.8. The fraction of sp³-hybridized carbons (Fsp3) is 0.478. The zero-order valence-corrected chi connectivity index (χ0v) is 20.1. The van der Waals surface area contributed by atoms with E-state index in [1.807, 2.05) is 28.9 Å². The molecule has 1 aromatic carbocycles. The second-order valence-corrected chi connectivity index (χ2v) is 11.2. The summed E-state index contributed by atoms with van der Waals surface area (Å²) < 4.78 is 3.66. The molecule has 0 spiro atoms. The van der Waals surface area contributed by atoms with Gasteiger partial charge in [0.05, 0.1) is 17.5 Å². The highest BCUT2D eigenvalue weighted by Crippen LogP contribution is 2.64. The van der Waals surface area contributed by atoms with Crippen LogP contribution < -0.4 is 5.32 Å². The Morgan fingerprint density at radius 1 is 1.06 bits per heavy atom. The predicted octanol–water partition coefficient (Wildman–Crippen LogP) is 5.42. The van der Waals surface area contributed by atoms with Gasteiger partial charge in [-0.2, -0.15) is 5.10 Å². The maximum atomic E-state index is 13.7. The first-order chi connectivity index (χ1) is 15.8. The van der Waals surface area contributed by atoms with Crippen molar-refractivity contribution in [1.29, 1.82) is 0 Å². The van der Waals surface area contributed by atoms with Crippen molar-refractivity contribution in [2.75, 3.05) is 5.32 Å². The van der Waals surface area contributed by atoms with E-state index in [1.54, 1.807) is 17.2 Å². The van der Waals surface area contributed by atoms with Gasteiger partial charge in [0.2, 0.25) is 11.2 Å². The largest absolute Gasteiger partial charge is 0.307 e. The third-order valence-corrected chi connectivity index (χ3v) is 8.37. The van der Waals surface area contributed by atoms with Crippen LogP contribution in [0.15, 0.2) is 36.8 Å². The maximum absolute atomic E-state index is 13.7. The van der Waals surface area contributed by atoms with E-state index in [-0.39, 0.29) is 16.7 Å². The highest BCUT2D eigenvalue weighted by atomic mass is 35.5. The number of halogens is 3. The molecule has 0 saturated heterocycles. The van der Waals surface area contributed by atoms with E-state index in [2.05, 4.69) is 20.5 Å². The number of hydrogen-bond donors (Lipinski definition) is 1. The lowest BCUT2D eigenvalue weighted by molar-refractivity contribution is -0.150. The third kappa shape index (κ3) is 3.74. The minimum atomic E-state index is -0.453. The highest BCUT2D eigenvalue weighted by molar-refractivity contribution is 6.33. The van der Waals surface area contributed by atoms with E-state index in [9.17, 15) is 4.79 Å². The van der Waals surface area contributed by atoms with Crippen molar-refractivity contribution in [2.45, 2.75) is 50.6 Å². The molecule has 7 rings (SSSR count). The zero-order valence-electron chi connectivity index (χ0n) is 17.8. The normalized spacial score (nSPS) is 30.0. The Hall–Kier alpha value is -2.09. The lowest BCUT2D eigenvalue weighted by Gasteiger charge is -2.60. The summed E-state index contributed by atoms with van der Waals surface area (Å²) in [5.41, 5.74) is 0.399. The van der Waals surface area contributed by atoms with E-state index >= 15 is 0 Å². The van der Waals surface area contributed by atoms with Crippen LogP contribution in [0.1, 0.15) is 44.1 Å². The summed E-state index contributed by atoms with van der Waals surface area (Å²) in [6.07, 6.45) is 9.20. The fourth-order valence-electron chi connectivity index (χ4n) is 6.80. The maximum Gasteiger partial charge on any atom is 0.242 e. The Labute approximate surface area is 206 Å². The van der Waals surface area contributed by atoms with Gasteiger partial charge in [-0.1, -0.05) is 35.3 Å². The van der Waals surface area contributed by atoms with Gasteiger partial charge in [-0.25, -0.2) is 9.67 Å². The van der Waals surface area contributed by atoms with Gasteiger partial charge < -0.3 is 5.32 Å². The molecule has 0 aliphatic heterocycles. The van der Waals surface area contributed by atoms with Crippen molar-refractivity contribution >= 4 is 46.5 Å². The van der Waals surface area contributed by atoms with Crippen LogP contribution in [0.5, 0.6) is 0 Å². The molecule has 2 unspecified atom stereocenters. The van der Waals surface area contributed by atoms with Crippen LogP contribution in [-0.4, -0.2) is 30.5 Å². The Morgan fingerprint density at radius 2 is 1.79 bits per heavy atom. The van der Waals surface area contributed by atoms with Crippen molar-refractivity contribution in [3.63, 3.8) is 0 Å². The lowest BCUT2D eigenvalue weighted by Crippen LogP contribution is -2.60. The zero-order chi connectivity index (χ0) is 22.8. The van der Waals surface area contributed by atoms with Crippen molar-refractivity contribution in [3.05, 3.63) is 57.7 Å². The fourth-order valence-corrected chi connectivity index (χ4v) is 7.25. The van der Waals surface area contributed by atoms with E-state index in [0.717, 1.165) is 37.7 Å². The first-order valence-electron chi connectivity index (χ1n) is 11.2. The molecule has 4 fully saturated rings. The van der Waals surface area contributed by atoms with Gasteiger partial charge in [-0.3, -0.25) is 9.48 Å². The standard InChI is InChI=1S/C23H23Cl3N6O/c24-17-3-1-14(2-4-17)10-31-11-18(25)19(29-31)28-20(33)22-6-15-5-16(7-22)9-23(8-15,12-22)32-13-27-21(26)30-32/h1-4,11,13,15-16H,5-10,12H2,(H,28,29,33). The molecule has 1 N–H and O–H groups in total. The highest BCUT2D eigenvalue weighted by Gasteiger charge is 2.61. The quantitative estimate of drug-likeness (QED) is 0.502. The molecule has 3 aromatic rings. The molecule has 10 heteroatoms. The smallest absolute Gasteiger partial charge is 0.242 e. The first-order valence-corrected chi connectivity index (χ1v) is 12.3. The summed E-state index contributed by atoms with van der Waals surface area (Å²) in [6, 6.07) is 7.58. The minimum absolute atomic E-state index is 0.00540. The van der Waals surface area contributed by atoms with Crippen LogP contribution in [0.3, 0.4) is 0 Å². The van der Waals surface area contributed by atoms with Crippen molar-refractivity contribution in [3.8, 4) is 0 Å². The van der Waals surface area contributed by atoms with Gasteiger partial charge in [0.25, 0.3) is 0 Å². The second kappa shape index (κ2) is 7.72. The molecule has 2 heterocycles. The molecule has 0 radical (unpaired) electrons. The number of anilines is 1. The molecule has 4 saturated carbocycles. The monoisotopic (exact) mass is 504 g/mol. The van der Waals surface area contributed by atoms with E-state index < -0.39 is 5.41 Å². The third-order valence-electron chi connectivity index (χ3n) is 7.67. The van der Waals surface area contributed by atoms with Gasteiger partial charge in [0, 0.05) is 11.2 Å². The van der Waals surface area contributed by atoms with E-state index in [1.165, 1.54) is 6.42 Å². The second-order valence-electron chi connectivity index (χ2n) is 10.0. The molecule has 2 aromatic heterocycles. The van der Waals surface area contributed by atoms with Gasteiger partial charge in [0.15, 0.2) is 5.82 Å². The number of carbonyl (C=O) groups excluding carboxylic acids is 1. The van der Waals surface area contributed by atoms with Gasteiger partial charge >= 0.3 is 0 Å². The number of amides is 1. The summed E-state index contributed by atoms with van der Waals surface area (Å²) in [5.74, 6) is 1.41.